The van der Waals surface area contributed by atoms with Gasteiger partial charge < -0.3 is 15.2 Å². The Morgan fingerprint density at radius 3 is 2.71 bits per heavy atom. The van der Waals surface area contributed by atoms with Gasteiger partial charge in [-0.05, 0) is 13.0 Å². The van der Waals surface area contributed by atoms with Gasteiger partial charge in [0.25, 0.3) is 6.43 Å². The van der Waals surface area contributed by atoms with E-state index in [0.717, 1.165) is 6.07 Å². The van der Waals surface area contributed by atoms with E-state index in [1.165, 1.54) is 7.11 Å². The molecule has 1 rings (SSSR count). The lowest BCUT2D eigenvalue weighted by Gasteiger charge is -2.11. The van der Waals surface area contributed by atoms with Crippen LogP contribution in [0.4, 0.5) is 14.6 Å². The average molecular weight is 246 g/mol. The summed E-state index contributed by atoms with van der Waals surface area (Å²) in [5.41, 5.74) is 4.68. The zero-order chi connectivity index (χ0) is 13.0. The first-order valence-corrected chi connectivity index (χ1v) is 4.80. The Bertz CT molecular complexity index is 424. The highest BCUT2D eigenvalue weighted by Crippen LogP contribution is 2.29. The molecule has 7 heteroatoms. The van der Waals surface area contributed by atoms with Crippen molar-refractivity contribution in [3.63, 3.8) is 0 Å². The summed E-state index contributed by atoms with van der Waals surface area (Å²) in [7, 11) is 1.26. The zero-order valence-corrected chi connectivity index (χ0v) is 9.37. The van der Waals surface area contributed by atoms with E-state index in [4.69, 9.17) is 15.2 Å². The number of esters is 1. The number of ether oxygens (including phenoxy) is 2. The predicted molar refractivity (Wildman–Crippen MR) is 56.1 cm³/mol. The van der Waals surface area contributed by atoms with Gasteiger partial charge in [0.2, 0.25) is 0 Å². The predicted octanol–water partition coefficient (Wildman–Crippen LogP) is 1.79. The minimum absolute atomic E-state index is 0.0622. The van der Waals surface area contributed by atoms with Gasteiger partial charge in [0.15, 0.2) is 11.6 Å². The molecule has 2 N–H and O–H groups in total. The lowest BCUT2D eigenvalue weighted by molar-refractivity contribution is 0.0522. The Morgan fingerprint density at radius 1 is 1.59 bits per heavy atom. The van der Waals surface area contributed by atoms with Gasteiger partial charge >= 0.3 is 5.97 Å². The van der Waals surface area contributed by atoms with Crippen LogP contribution in [-0.2, 0) is 4.74 Å². The third-order valence-corrected chi connectivity index (χ3v) is 1.94. The van der Waals surface area contributed by atoms with Crippen LogP contribution >= 0.6 is 0 Å². The number of rotatable bonds is 4. The summed E-state index contributed by atoms with van der Waals surface area (Å²) in [5.74, 6) is -1.11. The first-order valence-electron chi connectivity index (χ1n) is 4.80. The molecule has 0 saturated heterocycles. The van der Waals surface area contributed by atoms with E-state index in [1.54, 1.807) is 6.92 Å². The van der Waals surface area contributed by atoms with Crippen molar-refractivity contribution in [3.8, 4) is 5.75 Å². The Labute approximate surface area is 96.5 Å². The second kappa shape index (κ2) is 5.42. The molecule has 5 nitrogen and oxygen atoms in total. The number of carbonyl (C=O) groups is 1. The molecule has 0 unspecified atom stereocenters. The van der Waals surface area contributed by atoms with E-state index >= 15 is 0 Å². The van der Waals surface area contributed by atoms with E-state index in [9.17, 15) is 13.6 Å². The molecule has 0 saturated carbocycles. The van der Waals surface area contributed by atoms with Crippen LogP contribution in [0, 0.1) is 0 Å². The summed E-state index contributed by atoms with van der Waals surface area (Å²) in [4.78, 5) is 15.0. The van der Waals surface area contributed by atoms with Crippen LogP contribution < -0.4 is 10.5 Å². The second-order valence-electron chi connectivity index (χ2n) is 3.03. The van der Waals surface area contributed by atoms with Crippen molar-refractivity contribution in [2.75, 3.05) is 19.5 Å². The fraction of sp³-hybridized carbons (Fsp3) is 0.400. The smallest absolute Gasteiger partial charge is 0.342 e. The number of alkyl halides is 2. The van der Waals surface area contributed by atoms with Crippen molar-refractivity contribution in [3.05, 3.63) is 17.3 Å². The van der Waals surface area contributed by atoms with Crippen LogP contribution in [0.15, 0.2) is 6.07 Å². The zero-order valence-electron chi connectivity index (χ0n) is 9.37. The maximum atomic E-state index is 12.5. The molecule has 0 atom stereocenters. The van der Waals surface area contributed by atoms with E-state index < -0.39 is 18.1 Å². The Kier molecular flexibility index (Phi) is 4.19. The van der Waals surface area contributed by atoms with E-state index in [0.29, 0.717) is 0 Å². The van der Waals surface area contributed by atoms with Gasteiger partial charge in [-0.3, -0.25) is 0 Å². The van der Waals surface area contributed by atoms with E-state index in [2.05, 4.69) is 4.98 Å². The minimum Gasteiger partial charge on any atom is -0.492 e. The van der Waals surface area contributed by atoms with Gasteiger partial charge in [-0.15, -0.1) is 0 Å². The van der Waals surface area contributed by atoms with Crippen molar-refractivity contribution in [1.82, 2.24) is 4.98 Å². The molecule has 1 aromatic heterocycles. The third kappa shape index (κ3) is 2.80. The Morgan fingerprint density at radius 2 is 2.24 bits per heavy atom. The number of pyridine rings is 1. The van der Waals surface area contributed by atoms with Gasteiger partial charge in [0.1, 0.15) is 11.3 Å². The maximum absolute atomic E-state index is 12.5. The van der Waals surface area contributed by atoms with Crippen molar-refractivity contribution in [1.29, 1.82) is 0 Å². The molecule has 0 radical (unpaired) electrons. The molecule has 0 fully saturated rings. The number of hydrogen-bond donors (Lipinski definition) is 1. The number of nitrogen functional groups attached to an aromatic ring is 1. The topological polar surface area (TPSA) is 74.4 Å². The minimum atomic E-state index is -2.82. The number of anilines is 1. The van der Waals surface area contributed by atoms with Crippen LogP contribution in [0.2, 0.25) is 0 Å². The summed E-state index contributed by atoms with van der Waals surface area (Å²) < 4.78 is 34.6. The van der Waals surface area contributed by atoms with Crippen LogP contribution in [0.25, 0.3) is 0 Å². The number of aromatic nitrogens is 1. The number of hydrogen-bond acceptors (Lipinski definition) is 5. The van der Waals surface area contributed by atoms with Gasteiger partial charge in [0.05, 0.1) is 13.7 Å². The molecular weight excluding hydrogens is 234 g/mol. The lowest BCUT2D eigenvalue weighted by Crippen LogP contribution is -2.11. The normalized spacial score (nSPS) is 10.4. The third-order valence-electron chi connectivity index (χ3n) is 1.94. The fourth-order valence-corrected chi connectivity index (χ4v) is 1.26. The number of nitrogens with two attached hydrogens (primary N) is 1. The largest absolute Gasteiger partial charge is 0.492 e. The lowest BCUT2D eigenvalue weighted by atomic mass is 10.2. The molecule has 0 aliphatic carbocycles. The van der Waals surface area contributed by atoms with Crippen molar-refractivity contribution in [2.24, 2.45) is 0 Å². The molecule has 0 aliphatic rings. The molecule has 0 spiro atoms. The summed E-state index contributed by atoms with van der Waals surface area (Å²) in [6.45, 7) is 1.72. The van der Waals surface area contributed by atoms with Gasteiger partial charge in [-0.2, -0.15) is 0 Å². The molecule has 0 amide bonds. The second-order valence-corrected chi connectivity index (χ2v) is 3.03. The van der Waals surface area contributed by atoms with Crippen molar-refractivity contribution < 1.29 is 23.0 Å². The summed E-state index contributed by atoms with van der Waals surface area (Å²) in [6.07, 6.45) is -2.82. The SMILES string of the molecule is CCOC(=O)c1cc(C(F)F)nc(N)c1OC. The maximum Gasteiger partial charge on any atom is 0.342 e. The summed E-state index contributed by atoms with van der Waals surface area (Å²) >= 11 is 0. The first kappa shape index (κ1) is 13.1. The molecule has 17 heavy (non-hydrogen) atoms. The molecule has 0 bridgehead atoms. The van der Waals surface area contributed by atoms with Crippen LogP contribution in [0.1, 0.15) is 29.4 Å². The average Bonchev–Trinajstić information content (AvgIpc) is 2.28. The summed E-state index contributed by atoms with van der Waals surface area (Å²) in [5, 5.41) is 0. The van der Waals surface area contributed by atoms with Gasteiger partial charge in [-0.1, -0.05) is 0 Å². The summed E-state index contributed by atoms with van der Waals surface area (Å²) in [6, 6.07) is 0.915. The quantitative estimate of drug-likeness (QED) is 0.820. The standard InChI is InChI=1S/C10H12F2N2O3/c1-3-17-10(15)5-4-6(8(11)12)14-9(13)7(5)16-2/h4,8H,3H2,1-2H3,(H2,13,14). The van der Waals surface area contributed by atoms with Gasteiger partial charge in [-0.25, -0.2) is 18.6 Å². The molecule has 0 aromatic carbocycles. The molecule has 1 aromatic rings. The Balaban J connectivity index is 3.28. The number of carbonyl (C=O) groups excluding carboxylic acids is 1. The van der Waals surface area contributed by atoms with E-state index in [-0.39, 0.29) is 23.7 Å². The number of nitrogens with zero attached hydrogens (tertiary/aromatic N) is 1. The fourth-order valence-electron chi connectivity index (χ4n) is 1.26. The molecule has 0 aliphatic heterocycles. The highest BCUT2D eigenvalue weighted by atomic mass is 19.3. The molecule has 1 heterocycles. The number of methoxy groups -OCH3 is 1. The number of halogens is 2. The highest BCUT2D eigenvalue weighted by Gasteiger charge is 2.21. The molecule has 94 valence electrons. The van der Waals surface area contributed by atoms with Crippen molar-refractivity contribution >= 4 is 11.8 Å². The van der Waals surface area contributed by atoms with Crippen LogP contribution in [0.5, 0.6) is 5.75 Å². The van der Waals surface area contributed by atoms with Crippen LogP contribution in [-0.4, -0.2) is 24.7 Å². The van der Waals surface area contributed by atoms with Crippen LogP contribution in [0.3, 0.4) is 0 Å². The first-order chi connectivity index (χ1) is 8.01. The van der Waals surface area contributed by atoms with Crippen molar-refractivity contribution in [2.45, 2.75) is 13.3 Å². The van der Waals surface area contributed by atoms with E-state index in [1.807, 2.05) is 0 Å². The van der Waals surface area contributed by atoms with Gasteiger partial charge in [0, 0.05) is 0 Å². The Hall–Kier alpha value is -1.92. The highest BCUT2D eigenvalue weighted by molar-refractivity contribution is 5.94. The molecular formula is C10H12F2N2O3. The monoisotopic (exact) mass is 246 g/mol.